The maximum absolute atomic E-state index is 14.0. The highest BCUT2D eigenvalue weighted by Crippen LogP contribution is 2.31. The number of methoxy groups -OCH3 is 1. The first-order valence-electron chi connectivity index (χ1n) is 12.8. The molecule has 8 nitrogen and oxygen atoms in total. The van der Waals surface area contributed by atoms with Crippen LogP contribution < -0.4 is 24.4 Å². The average molecular weight is 587 g/mol. The molecule has 1 aliphatic rings. The molecule has 0 radical (unpaired) electrons. The van der Waals surface area contributed by atoms with Crippen molar-refractivity contribution in [3.8, 4) is 17.2 Å². The van der Waals surface area contributed by atoms with E-state index in [2.05, 4.69) is 5.32 Å². The number of rotatable bonds is 9. The van der Waals surface area contributed by atoms with Crippen LogP contribution in [0.1, 0.15) is 16.7 Å². The van der Waals surface area contributed by atoms with E-state index in [1.165, 1.54) is 19.3 Å². The van der Waals surface area contributed by atoms with E-state index in [0.29, 0.717) is 40.0 Å². The van der Waals surface area contributed by atoms with Crippen LogP contribution in [-0.4, -0.2) is 25.0 Å². The molecule has 1 aliphatic heterocycles. The van der Waals surface area contributed by atoms with Crippen LogP contribution >= 0.6 is 11.6 Å². The number of hydrogen-bond acceptors (Lipinski definition) is 6. The van der Waals surface area contributed by atoms with E-state index in [0.717, 1.165) is 10.5 Å². The summed E-state index contributed by atoms with van der Waals surface area (Å²) in [5.74, 6) is -0.835. The second-order valence-corrected chi connectivity index (χ2v) is 9.59. The van der Waals surface area contributed by atoms with E-state index >= 15 is 0 Å². The van der Waals surface area contributed by atoms with Gasteiger partial charge in [0, 0.05) is 10.6 Å². The van der Waals surface area contributed by atoms with E-state index in [1.807, 2.05) is 12.1 Å². The molecule has 0 bridgehead atoms. The summed E-state index contributed by atoms with van der Waals surface area (Å²) < 4.78 is 30.9. The van der Waals surface area contributed by atoms with Crippen molar-refractivity contribution in [3.05, 3.63) is 124 Å². The smallest absolute Gasteiger partial charge is 0.335 e. The lowest BCUT2D eigenvalue weighted by molar-refractivity contribution is -0.122. The van der Waals surface area contributed by atoms with Crippen molar-refractivity contribution in [1.82, 2.24) is 5.32 Å². The summed E-state index contributed by atoms with van der Waals surface area (Å²) in [6.45, 7) is 0.282. The third-order valence-electron chi connectivity index (χ3n) is 6.36. The first kappa shape index (κ1) is 28.4. The van der Waals surface area contributed by atoms with Crippen LogP contribution in [0.3, 0.4) is 0 Å². The molecule has 0 aromatic heterocycles. The van der Waals surface area contributed by atoms with Crippen LogP contribution in [0.5, 0.6) is 17.2 Å². The first-order chi connectivity index (χ1) is 20.3. The predicted octanol–water partition coefficient (Wildman–Crippen LogP) is 6.31. The molecule has 10 heteroatoms. The van der Waals surface area contributed by atoms with E-state index in [-0.39, 0.29) is 23.7 Å². The van der Waals surface area contributed by atoms with Gasteiger partial charge in [-0.3, -0.25) is 14.9 Å². The van der Waals surface area contributed by atoms with Crippen LogP contribution in [0.2, 0.25) is 5.02 Å². The molecule has 4 aromatic rings. The van der Waals surface area contributed by atoms with Gasteiger partial charge in [0.25, 0.3) is 11.8 Å². The number of urea groups is 1. The van der Waals surface area contributed by atoms with Gasteiger partial charge in [-0.15, -0.1) is 0 Å². The molecular formula is C32H24ClFN2O6. The highest BCUT2D eigenvalue weighted by molar-refractivity contribution is 6.39. The molecule has 0 unspecified atom stereocenters. The largest absolute Gasteiger partial charge is 0.493 e. The number of carbonyl (C=O) groups excluding carboxylic acids is 3. The molecule has 0 saturated carbocycles. The number of benzene rings is 4. The number of carbonyl (C=O) groups is 3. The van der Waals surface area contributed by atoms with Gasteiger partial charge in [0.1, 0.15) is 30.4 Å². The van der Waals surface area contributed by atoms with Gasteiger partial charge in [-0.25, -0.2) is 14.1 Å². The Morgan fingerprint density at radius 2 is 1.60 bits per heavy atom. The van der Waals surface area contributed by atoms with Gasteiger partial charge in [-0.2, -0.15) is 0 Å². The molecule has 5 rings (SSSR count). The molecule has 0 spiro atoms. The Balaban J connectivity index is 1.31. The Morgan fingerprint density at radius 1 is 0.857 bits per heavy atom. The summed E-state index contributed by atoms with van der Waals surface area (Å²) in [5, 5.41) is 2.83. The number of amides is 4. The van der Waals surface area contributed by atoms with E-state index < -0.39 is 17.8 Å². The molecule has 42 heavy (non-hydrogen) atoms. The highest BCUT2D eigenvalue weighted by atomic mass is 35.5. The first-order valence-corrected chi connectivity index (χ1v) is 13.1. The zero-order chi connectivity index (χ0) is 29.6. The van der Waals surface area contributed by atoms with E-state index in [4.69, 9.17) is 25.8 Å². The van der Waals surface area contributed by atoms with Gasteiger partial charge in [-0.1, -0.05) is 48.0 Å². The maximum Gasteiger partial charge on any atom is 0.335 e. The molecule has 0 atom stereocenters. The Morgan fingerprint density at radius 3 is 2.31 bits per heavy atom. The van der Waals surface area contributed by atoms with E-state index in [1.54, 1.807) is 72.8 Å². The van der Waals surface area contributed by atoms with Gasteiger partial charge < -0.3 is 14.2 Å². The summed E-state index contributed by atoms with van der Waals surface area (Å²) in [5.41, 5.74) is 1.75. The van der Waals surface area contributed by atoms with Crippen molar-refractivity contribution in [2.75, 3.05) is 12.0 Å². The van der Waals surface area contributed by atoms with Crippen molar-refractivity contribution in [1.29, 1.82) is 0 Å². The molecular weight excluding hydrogens is 563 g/mol. The number of anilines is 1. The number of hydrogen-bond donors (Lipinski definition) is 1. The Bertz CT molecular complexity index is 1670. The molecule has 4 amide bonds. The number of nitrogens with zero attached hydrogens (tertiary/aromatic N) is 1. The topological polar surface area (TPSA) is 94.2 Å². The summed E-state index contributed by atoms with van der Waals surface area (Å²) in [6, 6.07) is 23.7. The number of ether oxygens (including phenoxy) is 3. The predicted molar refractivity (Wildman–Crippen MR) is 155 cm³/mol. The number of barbiturate groups is 1. The molecule has 1 saturated heterocycles. The second kappa shape index (κ2) is 12.6. The second-order valence-electron chi connectivity index (χ2n) is 9.16. The number of imide groups is 2. The lowest BCUT2D eigenvalue weighted by atomic mass is 10.1. The van der Waals surface area contributed by atoms with E-state index in [9.17, 15) is 18.8 Å². The summed E-state index contributed by atoms with van der Waals surface area (Å²) >= 11 is 5.91. The monoisotopic (exact) mass is 586 g/mol. The molecule has 0 aliphatic carbocycles. The van der Waals surface area contributed by atoms with Gasteiger partial charge in [-0.05, 0) is 71.8 Å². The van der Waals surface area contributed by atoms with Crippen molar-refractivity contribution < 1.29 is 33.0 Å². The minimum atomic E-state index is -0.869. The minimum Gasteiger partial charge on any atom is -0.493 e. The summed E-state index contributed by atoms with van der Waals surface area (Å²) in [6.07, 6.45) is 1.35. The fourth-order valence-electron chi connectivity index (χ4n) is 4.16. The molecule has 212 valence electrons. The van der Waals surface area contributed by atoms with Gasteiger partial charge >= 0.3 is 6.03 Å². The molecule has 1 heterocycles. The molecule has 4 aromatic carbocycles. The lowest BCUT2D eigenvalue weighted by Crippen LogP contribution is -2.54. The van der Waals surface area contributed by atoms with Crippen molar-refractivity contribution in [3.63, 3.8) is 0 Å². The van der Waals surface area contributed by atoms with Crippen molar-refractivity contribution in [2.24, 2.45) is 0 Å². The van der Waals surface area contributed by atoms with Gasteiger partial charge in [0.2, 0.25) is 0 Å². The Kier molecular flexibility index (Phi) is 8.50. The fraction of sp³-hybridized carbons (Fsp3) is 0.0938. The van der Waals surface area contributed by atoms with Crippen molar-refractivity contribution >= 4 is 41.2 Å². The highest BCUT2D eigenvalue weighted by Gasteiger charge is 2.36. The van der Waals surface area contributed by atoms with Crippen LogP contribution in [0.25, 0.3) is 6.08 Å². The average Bonchev–Trinajstić information content (AvgIpc) is 2.99. The molecule has 1 fully saturated rings. The number of halogens is 2. The standard InChI is InChI=1S/C32H24ClFN2O6/c1-40-29-17-21(8-15-28(29)42-19-22-4-2-3-5-27(22)34)16-26-30(37)35-32(39)36(31(26)38)24-11-13-25(14-12-24)41-18-20-6-9-23(33)10-7-20/h2-17H,18-19H2,1H3,(H,35,37,39)/b26-16+. The SMILES string of the molecule is COc1cc(/C=C2\C(=O)NC(=O)N(c3ccc(OCc4ccc(Cl)cc4)cc3)C2=O)ccc1OCc1ccccc1F. The lowest BCUT2D eigenvalue weighted by Gasteiger charge is -2.26. The third kappa shape index (κ3) is 6.42. The molecule has 1 N–H and O–H groups in total. The Labute approximate surface area is 245 Å². The van der Waals surface area contributed by atoms with Gasteiger partial charge in [0.15, 0.2) is 11.5 Å². The zero-order valence-corrected chi connectivity index (χ0v) is 23.1. The summed E-state index contributed by atoms with van der Waals surface area (Å²) in [4.78, 5) is 39.5. The normalized spacial score (nSPS) is 14.1. The fourth-order valence-corrected chi connectivity index (χ4v) is 4.29. The van der Waals surface area contributed by atoms with Crippen LogP contribution in [0, 0.1) is 5.82 Å². The van der Waals surface area contributed by atoms with Crippen LogP contribution in [0.15, 0.2) is 96.6 Å². The summed E-state index contributed by atoms with van der Waals surface area (Å²) in [7, 11) is 1.43. The minimum absolute atomic E-state index is 0.0214. The van der Waals surface area contributed by atoms with Gasteiger partial charge in [0.05, 0.1) is 12.8 Å². The third-order valence-corrected chi connectivity index (χ3v) is 6.61. The maximum atomic E-state index is 14.0. The van der Waals surface area contributed by atoms with Crippen LogP contribution in [-0.2, 0) is 22.8 Å². The quantitative estimate of drug-likeness (QED) is 0.182. The van der Waals surface area contributed by atoms with Crippen molar-refractivity contribution in [2.45, 2.75) is 13.2 Å². The zero-order valence-electron chi connectivity index (χ0n) is 22.3. The van der Waals surface area contributed by atoms with Crippen LogP contribution in [0.4, 0.5) is 14.9 Å². The number of nitrogens with one attached hydrogen (secondary N) is 1. The Hall–Kier alpha value is -5.15.